The van der Waals surface area contributed by atoms with Gasteiger partial charge < -0.3 is 5.11 Å². The first-order chi connectivity index (χ1) is 12.1. The highest BCUT2D eigenvalue weighted by Crippen LogP contribution is 2.34. The molecule has 0 aromatic heterocycles. The van der Waals surface area contributed by atoms with Crippen molar-refractivity contribution < 1.29 is 9.90 Å². The summed E-state index contributed by atoms with van der Waals surface area (Å²) in [6, 6.07) is 16.7. The lowest BCUT2D eigenvalue weighted by Crippen LogP contribution is -2.46. The van der Waals surface area contributed by atoms with E-state index in [1.807, 2.05) is 0 Å². The fourth-order valence-corrected chi connectivity index (χ4v) is 3.79. The van der Waals surface area contributed by atoms with E-state index in [-0.39, 0.29) is 6.04 Å². The van der Waals surface area contributed by atoms with Crippen molar-refractivity contribution in [2.45, 2.75) is 51.6 Å². The maximum Gasteiger partial charge on any atom is 0.320 e. The maximum absolute atomic E-state index is 11.8. The summed E-state index contributed by atoms with van der Waals surface area (Å²) in [5.41, 5.74) is 4.87. The van der Waals surface area contributed by atoms with Gasteiger partial charge in [0.15, 0.2) is 0 Å². The van der Waals surface area contributed by atoms with Crippen LogP contribution < -0.4 is 0 Å². The van der Waals surface area contributed by atoms with Gasteiger partial charge in [0.1, 0.15) is 6.04 Å². The molecule has 2 unspecified atom stereocenters. The molecule has 2 aromatic carbocycles. The second-order valence-electron chi connectivity index (χ2n) is 7.00. The molecular weight excluding hydrogens is 310 g/mol. The van der Waals surface area contributed by atoms with E-state index in [0.717, 1.165) is 32.2 Å². The summed E-state index contributed by atoms with van der Waals surface area (Å²) in [5, 5.41) is 9.74. The van der Waals surface area contributed by atoms with Gasteiger partial charge in [-0.3, -0.25) is 9.69 Å². The molecular formula is C22H27NO2. The number of piperidine rings is 1. The van der Waals surface area contributed by atoms with Crippen molar-refractivity contribution in [2.24, 2.45) is 0 Å². The van der Waals surface area contributed by atoms with E-state index < -0.39 is 12.0 Å². The van der Waals surface area contributed by atoms with Gasteiger partial charge in [-0.15, -0.1) is 0 Å². The first kappa shape index (κ1) is 17.7. The third kappa shape index (κ3) is 3.93. The summed E-state index contributed by atoms with van der Waals surface area (Å²) in [5.74, 6) is -0.706. The Morgan fingerprint density at radius 1 is 1.08 bits per heavy atom. The molecule has 3 heteroatoms. The Hall–Kier alpha value is -2.13. The van der Waals surface area contributed by atoms with Gasteiger partial charge in [-0.05, 0) is 49.4 Å². The number of aryl methyl sites for hydroxylation is 2. The highest BCUT2D eigenvalue weighted by molar-refractivity contribution is 5.73. The van der Waals surface area contributed by atoms with Gasteiger partial charge in [-0.2, -0.15) is 0 Å². The van der Waals surface area contributed by atoms with E-state index in [2.05, 4.69) is 67.3 Å². The van der Waals surface area contributed by atoms with Crippen LogP contribution in [0.4, 0.5) is 0 Å². The highest BCUT2D eigenvalue weighted by atomic mass is 16.4. The normalized spacial score (nSPS) is 19.5. The molecule has 0 spiro atoms. The monoisotopic (exact) mass is 337 g/mol. The quantitative estimate of drug-likeness (QED) is 0.868. The fourth-order valence-electron chi connectivity index (χ4n) is 3.79. The number of rotatable bonds is 5. The molecule has 3 nitrogen and oxygen atoms in total. The molecule has 1 aliphatic rings. The molecule has 0 bridgehead atoms. The number of carboxylic acid groups (broad SMARTS) is 1. The molecule has 2 atom stereocenters. The summed E-state index contributed by atoms with van der Waals surface area (Å²) in [4.78, 5) is 14.0. The lowest BCUT2D eigenvalue weighted by molar-refractivity contribution is -0.145. The van der Waals surface area contributed by atoms with Crippen LogP contribution in [0.1, 0.15) is 54.5 Å². The molecule has 1 heterocycles. The first-order valence-electron chi connectivity index (χ1n) is 9.24. The van der Waals surface area contributed by atoms with Crippen LogP contribution in [0.15, 0.2) is 48.5 Å². The van der Waals surface area contributed by atoms with E-state index in [9.17, 15) is 9.90 Å². The zero-order valence-corrected chi connectivity index (χ0v) is 15.1. The van der Waals surface area contributed by atoms with Crippen LogP contribution in [-0.4, -0.2) is 28.6 Å². The number of hydrogen-bond donors (Lipinski definition) is 1. The summed E-state index contributed by atoms with van der Waals surface area (Å²) in [6.45, 7) is 5.05. The zero-order valence-electron chi connectivity index (χ0n) is 15.1. The van der Waals surface area contributed by atoms with E-state index in [4.69, 9.17) is 0 Å². The van der Waals surface area contributed by atoms with Crippen LogP contribution >= 0.6 is 0 Å². The molecule has 0 radical (unpaired) electrons. The number of carbonyl (C=O) groups is 1. The molecule has 2 aromatic rings. The van der Waals surface area contributed by atoms with Crippen molar-refractivity contribution in [1.82, 2.24) is 4.90 Å². The van der Waals surface area contributed by atoms with Crippen LogP contribution in [0.25, 0.3) is 0 Å². The topological polar surface area (TPSA) is 40.5 Å². The van der Waals surface area contributed by atoms with Crippen LogP contribution in [0.2, 0.25) is 0 Å². The van der Waals surface area contributed by atoms with Crippen molar-refractivity contribution in [3.05, 3.63) is 70.8 Å². The third-order valence-electron chi connectivity index (χ3n) is 5.26. The highest BCUT2D eigenvalue weighted by Gasteiger charge is 2.34. The smallest absolute Gasteiger partial charge is 0.320 e. The SMILES string of the molecule is CCc1ccc(C(c2ccc(C)cc2)N2CCCCC2C(=O)O)cc1. The van der Waals surface area contributed by atoms with Crippen LogP contribution in [0, 0.1) is 6.92 Å². The van der Waals surface area contributed by atoms with Crippen molar-refractivity contribution in [3.63, 3.8) is 0 Å². The molecule has 3 rings (SSSR count). The number of hydrogen-bond acceptors (Lipinski definition) is 2. The van der Waals surface area contributed by atoms with Gasteiger partial charge in [-0.1, -0.05) is 67.4 Å². The van der Waals surface area contributed by atoms with Crippen molar-refractivity contribution in [1.29, 1.82) is 0 Å². The molecule has 25 heavy (non-hydrogen) atoms. The Morgan fingerprint density at radius 2 is 1.68 bits per heavy atom. The average Bonchev–Trinajstić information content (AvgIpc) is 2.64. The minimum atomic E-state index is -0.706. The lowest BCUT2D eigenvalue weighted by atomic mass is 9.91. The van der Waals surface area contributed by atoms with Crippen LogP contribution in [0.5, 0.6) is 0 Å². The molecule has 1 N–H and O–H groups in total. The minimum absolute atomic E-state index is 0.00657. The molecule has 1 fully saturated rings. The van der Waals surface area contributed by atoms with Crippen molar-refractivity contribution in [3.8, 4) is 0 Å². The Bertz CT molecular complexity index is 706. The Morgan fingerprint density at radius 3 is 2.24 bits per heavy atom. The molecule has 1 aliphatic heterocycles. The Balaban J connectivity index is 2.03. The predicted octanol–water partition coefficient (Wildman–Crippen LogP) is 4.59. The number of aliphatic carboxylic acids is 1. The number of benzene rings is 2. The van der Waals surface area contributed by atoms with Gasteiger partial charge in [0.05, 0.1) is 6.04 Å². The molecule has 132 valence electrons. The second kappa shape index (κ2) is 7.83. The van der Waals surface area contributed by atoms with Gasteiger partial charge in [0.2, 0.25) is 0 Å². The standard InChI is InChI=1S/C22H27NO2/c1-3-17-9-13-19(14-10-17)21(18-11-7-16(2)8-12-18)23-15-5-4-6-20(23)22(24)25/h7-14,20-21H,3-6,15H2,1-2H3,(H,24,25). The largest absolute Gasteiger partial charge is 0.480 e. The molecule has 0 amide bonds. The van der Waals surface area contributed by atoms with Crippen molar-refractivity contribution in [2.75, 3.05) is 6.54 Å². The zero-order chi connectivity index (χ0) is 17.8. The van der Waals surface area contributed by atoms with E-state index in [0.29, 0.717) is 0 Å². The first-order valence-corrected chi connectivity index (χ1v) is 9.24. The van der Waals surface area contributed by atoms with E-state index >= 15 is 0 Å². The van der Waals surface area contributed by atoms with Gasteiger partial charge in [0, 0.05) is 0 Å². The van der Waals surface area contributed by atoms with Crippen molar-refractivity contribution >= 4 is 5.97 Å². The number of carboxylic acids is 1. The maximum atomic E-state index is 11.8. The fraction of sp³-hybridized carbons (Fsp3) is 0.409. The second-order valence-corrected chi connectivity index (χ2v) is 7.00. The predicted molar refractivity (Wildman–Crippen MR) is 101 cm³/mol. The molecule has 1 saturated heterocycles. The number of likely N-dealkylation sites (tertiary alicyclic amines) is 1. The third-order valence-corrected chi connectivity index (χ3v) is 5.26. The van der Waals surface area contributed by atoms with E-state index in [1.54, 1.807) is 0 Å². The molecule has 0 saturated carbocycles. The minimum Gasteiger partial charge on any atom is -0.480 e. The summed E-state index contributed by atoms with van der Waals surface area (Å²) >= 11 is 0. The average molecular weight is 337 g/mol. The van der Waals surface area contributed by atoms with Crippen LogP contribution in [0.3, 0.4) is 0 Å². The van der Waals surface area contributed by atoms with E-state index in [1.165, 1.54) is 22.3 Å². The summed E-state index contributed by atoms with van der Waals surface area (Å²) in [7, 11) is 0. The Labute approximate surface area is 150 Å². The molecule has 0 aliphatic carbocycles. The summed E-state index contributed by atoms with van der Waals surface area (Å²) < 4.78 is 0. The Kier molecular flexibility index (Phi) is 5.54. The van der Waals surface area contributed by atoms with Gasteiger partial charge in [-0.25, -0.2) is 0 Å². The summed E-state index contributed by atoms with van der Waals surface area (Å²) in [6.07, 6.45) is 3.78. The van der Waals surface area contributed by atoms with Gasteiger partial charge in [0.25, 0.3) is 0 Å². The number of nitrogens with zero attached hydrogens (tertiary/aromatic N) is 1. The van der Waals surface area contributed by atoms with Gasteiger partial charge >= 0.3 is 5.97 Å². The van der Waals surface area contributed by atoms with Crippen LogP contribution in [-0.2, 0) is 11.2 Å². The lowest BCUT2D eigenvalue weighted by Gasteiger charge is -2.39.